The van der Waals surface area contributed by atoms with E-state index in [-0.39, 0.29) is 12.5 Å². The van der Waals surface area contributed by atoms with E-state index in [1.165, 1.54) is 0 Å². The van der Waals surface area contributed by atoms with Gasteiger partial charge in [-0.25, -0.2) is 0 Å². The SMILES string of the molecule is CCC(CNC(=O)C(N)CCc1ccccc1)C(=O)O. The first-order valence-electron chi connectivity index (χ1n) is 6.84. The number of hydrogen-bond donors (Lipinski definition) is 3. The molecule has 1 amide bonds. The predicted molar refractivity (Wildman–Crippen MR) is 77.2 cm³/mol. The molecule has 0 saturated carbocycles. The van der Waals surface area contributed by atoms with Gasteiger partial charge in [0.1, 0.15) is 0 Å². The van der Waals surface area contributed by atoms with Crippen molar-refractivity contribution in [2.75, 3.05) is 6.54 Å². The summed E-state index contributed by atoms with van der Waals surface area (Å²) in [5, 5.41) is 11.5. The molecular formula is C15H22N2O3. The van der Waals surface area contributed by atoms with Crippen molar-refractivity contribution < 1.29 is 14.7 Å². The van der Waals surface area contributed by atoms with E-state index in [1.54, 1.807) is 6.92 Å². The van der Waals surface area contributed by atoms with Crippen LogP contribution in [-0.4, -0.2) is 29.6 Å². The molecule has 0 fully saturated rings. The highest BCUT2D eigenvalue weighted by Gasteiger charge is 2.18. The molecule has 20 heavy (non-hydrogen) atoms. The Morgan fingerprint density at radius 1 is 1.30 bits per heavy atom. The summed E-state index contributed by atoms with van der Waals surface area (Å²) in [5.41, 5.74) is 6.94. The van der Waals surface area contributed by atoms with Crippen LogP contribution in [-0.2, 0) is 16.0 Å². The minimum Gasteiger partial charge on any atom is -0.481 e. The maximum Gasteiger partial charge on any atom is 0.308 e. The van der Waals surface area contributed by atoms with Crippen LogP contribution in [0.25, 0.3) is 0 Å². The van der Waals surface area contributed by atoms with Gasteiger partial charge in [-0.2, -0.15) is 0 Å². The smallest absolute Gasteiger partial charge is 0.308 e. The molecule has 0 saturated heterocycles. The molecule has 0 aliphatic carbocycles. The summed E-state index contributed by atoms with van der Waals surface area (Å²) >= 11 is 0. The predicted octanol–water partition coefficient (Wildman–Crippen LogP) is 1.17. The molecule has 0 aromatic heterocycles. The van der Waals surface area contributed by atoms with Crippen molar-refractivity contribution in [1.82, 2.24) is 5.32 Å². The number of benzene rings is 1. The third-order valence-corrected chi connectivity index (χ3v) is 3.29. The lowest BCUT2D eigenvalue weighted by atomic mass is 10.0. The molecule has 2 atom stereocenters. The first-order valence-corrected chi connectivity index (χ1v) is 6.84. The van der Waals surface area contributed by atoms with E-state index in [2.05, 4.69) is 5.32 Å². The van der Waals surface area contributed by atoms with Gasteiger partial charge < -0.3 is 16.2 Å². The van der Waals surface area contributed by atoms with Crippen molar-refractivity contribution in [3.8, 4) is 0 Å². The fourth-order valence-electron chi connectivity index (χ4n) is 1.86. The molecule has 0 spiro atoms. The van der Waals surface area contributed by atoms with Crippen molar-refractivity contribution in [3.05, 3.63) is 35.9 Å². The number of aryl methyl sites for hydroxylation is 1. The number of amides is 1. The topological polar surface area (TPSA) is 92.4 Å². The standard InChI is InChI=1S/C15H22N2O3/c1-2-12(15(19)20)10-17-14(18)13(16)9-8-11-6-4-3-5-7-11/h3-7,12-13H,2,8-10,16H2,1H3,(H,17,18)(H,19,20). The van der Waals surface area contributed by atoms with Crippen LogP contribution in [0.3, 0.4) is 0 Å². The number of hydrogen-bond acceptors (Lipinski definition) is 3. The number of nitrogens with two attached hydrogens (primary N) is 1. The third-order valence-electron chi connectivity index (χ3n) is 3.29. The maximum atomic E-state index is 11.8. The lowest BCUT2D eigenvalue weighted by Gasteiger charge is -2.15. The van der Waals surface area contributed by atoms with Crippen LogP contribution in [0.2, 0.25) is 0 Å². The van der Waals surface area contributed by atoms with Crippen LogP contribution >= 0.6 is 0 Å². The zero-order chi connectivity index (χ0) is 15.0. The highest BCUT2D eigenvalue weighted by Crippen LogP contribution is 2.05. The van der Waals surface area contributed by atoms with Gasteiger partial charge >= 0.3 is 5.97 Å². The van der Waals surface area contributed by atoms with Gasteiger partial charge in [0.05, 0.1) is 12.0 Å². The molecule has 1 aromatic rings. The van der Waals surface area contributed by atoms with Crippen molar-refractivity contribution in [2.24, 2.45) is 11.7 Å². The quantitative estimate of drug-likeness (QED) is 0.665. The van der Waals surface area contributed by atoms with Crippen LogP contribution in [0.5, 0.6) is 0 Å². The van der Waals surface area contributed by atoms with Crippen molar-refractivity contribution in [3.63, 3.8) is 0 Å². The van der Waals surface area contributed by atoms with E-state index in [0.29, 0.717) is 12.8 Å². The summed E-state index contributed by atoms with van der Waals surface area (Å²) in [4.78, 5) is 22.6. The summed E-state index contributed by atoms with van der Waals surface area (Å²) in [6.45, 7) is 1.91. The average Bonchev–Trinajstić information content (AvgIpc) is 2.45. The molecule has 0 bridgehead atoms. The Bertz CT molecular complexity index is 434. The van der Waals surface area contributed by atoms with Gasteiger partial charge in [0.2, 0.25) is 5.91 Å². The summed E-state index contributed by atoms with van der Waals surface area (Å²) < 4.78 is 0. The fourth-order valence-corrected chi connectivity index (χ4v) is 1.86. The first-order chi connectivity index (χ1) is 9.54. The van der Waals surface area contributed by atoms with Gasteiger partial charge in [-0.1, -0.05) is 37.3 Å². The van der Waals surface area contributed by atoms with Gasteiger partial charge in [-0.15, -0.1) is 0 Å². The lowest BCUT2D eigenvalue weighted by Crippen LogP contribution is -2.43. The summed E-state index contributed by atoms with van der Waals surface area (Å²) in [6.07, 6.45) is 1.75. The van der Waals surface area contributed by atoms with E-state index in [4.69, 9.17) is 10.8 Å². The number of carbonyl (C=O) groups excluding carboxylic acids is 1. The Morgan fingerprint density at radius 2 is 1.95 bits per heavy atom. The molecule has 0 aliphatic rings. The monoisotopic (exact) mass is 278 g/mol. The summed E-state index contributed by atoms with van der Waals surface area (Å²) in [7, 11) is 0. The van der Waals surface area contributed by atoms with Crippen molar-refractivity contribution >= 4 is 11.9 Å². The lowest BCUT2D eigenvalue weighted by molar-refractivity contribution is -0.141. The second-order valence-corrected chi connectivity index (χ2v) is 4.82. The third kappa shape index (κ3) is 5.40. The molecule has 1 rings (SSSR count). The zero-order valence-electron chi connectivity index (χ0n) is 11.7. The number of rotatable bonds is 8. The molecule has 2 unspecified atom stereocenters. The molecule has 5 heteroatoms. The Labute approximate surface area is 119 Å². The van der Waals surface area contributed by atoms with Gasteiger partial charge in [0.25, 0.3) is 0 Å². The van der Waals surface area contributed by atoms with Crippen LogP contribution in [0.1, 0.15) is 25.3 Å². The zero-order valence-corrected chi connectivity index (χ0v) is 11.7. The number of carboxylic acids is 1. The second kappa shape index (κ2) is 8.32. The van der Waals surface area contributed by atoms with E-state index < -0.39 is 17.9 Å². The van der Waals surface area contributed by atoms with Crippen LogP contribution in [0, 0.1) is 5.92 Å². The van der Waals surface area contributed by atoms with Crippen molar-refractivity contribution in [1.29, 1.82) is 0 Å². The van der Waals surface area contributed by atoms with Crippen molar-refractivity contribution in [2.45, 2.75) is 32.2 Å². The Hall–Kier alpha value is -1.88. The highest BCUT2D eigenvalue weighted by molar-refractivity contribution is 5.82. The van der Waals surface area contributed by atoms with E-state index in [1.807, 2.05) is 30.3 Å². The molecular weight excluding hydrogens is 256 g/mol. The molecule has 4 N–H and O–H groups in total. The number of carbonyl (C=O) groups is 2. The van der Waals surface area contributed by atoms with E-state index in [9.17, 15) is 9.59 Å². The first kappa shape index (κ1) is 16.2. The summed E-state index contributed by atoms with van der Waals surface area (Å²) in [5.74, 6) is -1.74. The number of aliphatic carboxylic acids is 1. The van der Waals surface area contributed by atoms with Gasteiger partial charge in [0.15, 0.2) is 0 Å². The largest absolute Gasteiger partial charge is 0.481 e. The van der Waals surface area contributed by atoms with E-state index >= 15 is 0 Å². The van der Waals surface area contributed by atoms with Gasteiger partial charge in [0, 0.05) is 6.54 Å². The molecule has 1 aromatic carbocycles. The minimum atomic E-state index is -0.898. The van der Waals surface area contributed by atoms with Crippen LogP contribution < -0.4 is 11.1 Å². The maximum absolute atomic E-state index is 11.8. The van der Waals surface area contributed by atoms with Gasteiger partial charge in [-0.05, 0) is 24.8 Å². The number of carboxylic acid groups (broad SMARTS) is 1. The molecule has 110 valence electrons. The normalized spacial score (nSPS) is 13.5. The molecule has 0 heterocycles. The molecule has 5 nitrogen and oxygen atoms in total. The Kier molecular flexibility index (Phi) is 6.73. The fraction of sp³-hybridized carbons (Fsp3) is 0.467. The average molecular weight is 278 g/mol. The van der Waals surface area contributed by atoms with E-state index in [0.717, 1.165) is 12.0 Å². The highest BCUT2D eigenvalue weighted by atomic mass is 16.4. The van der Waals surface area contributed by atoms with Crippen LogP contribution in [0.4, 0.5) is 0 Å². The summed E-state index contributed by atoms with van der Waals surface area (Å²) in [6, 6.07) is 9.19. The molecule has 0 radical (unpaired) electrons. The molecule has 0 aliphatic heterocycles. The minimum absolute atomic E-state index is 0.129. The Balaban J connectivity index is 2.34. The van der Waals surface area contributed by atoms with Gasteiger partial charge in [-0.3, -0.25) is 9.59 Å². The Morgan fingerprint density at radius 3 is 2.50 bits per heavy atom. The second-order valence-electron chi connectivity index (χ2n) is 4.82. The number of nitrogens with one attached hydrogen (secondary N) is 1. The van der Waals surface area contributed by atoms with Crippen LogP contribution in [0.15, 0.2) is 30.3 Å².